The topological polar surface area (TPSA) is 81.4 Å². The molecule has 5 nitrogen and oxygen atoms in total. The first-order chi connectivity index (χ1) is 11.0. The highest BCUT2D eigenvalue weighted by molar-refractivity contribution is 5.99. The maximum atomic E-state index is 12.5. The van der Waals surface area contributed by atoms with Crippen molar-refractivity contribution in [2.24, 2.45) is 11.1 Å². The second-order valence-electron chi connectivity index (χ2n) is 6.09. The molecule has 0 bridgehead atoms. The molecule has 0 spiro atoms. The Labute approximate surface area is 137 Å². The standard InChI is InChI=1S/C18H26N2O3/c1-4-18(5-2)14(11-15(18)23-6-3)20-17(22)13-9-7-8-12(10-13)16(19)21/h7-10,14-15H,4-6,11H2,1-3H3,(H2,19,21)(H,20,22). The Morgan fingerprint density at radius 3 is 2.48 bits per heavy atom. The molecule has 1 aliphatic carbocycles. The van der Waals surface area contributed by atoms with Crippen molar-refractivity contribution in [1.29, 1.82) is 0 Å². The smallest absolute Gasteiger partial charge is 0.251 e. The fraction of sp³-hybridized carbons (Fsp3) is 0.556. The maximum absolute atomic E-state index is 12.5. The monoisotopic (exact) mass is 318 g/mol. The van der Waals surface area contributed by atoms with E-state index in [0.29, 0.717) is 17.7 Å². The van der Waals surface area contributed by atoms with E-state index in [1.807, 2.05) is 6.92 Å². The normalized spacial score (nSPS) is 22.2. The van der Waals surface area contributed by atoms with Gasteiger partial charge in [0.2, 0.25) is 5.91 Å². The zero-order valence-electron chi connectivity index (χ0n) is 14.1. The van der Waals surface area contributed by atoms with E-state index >= 15 is 0 Å². The highest BCUT2D eigenvalue weighted by atomic mass is 16.5. The van der Waals surface area contributed by atoms with Gasteiger partial charge in [-0.05, 0) is 44.4 Å². The van der Waals surface area contributed by atoms with Crippen molar-refractivity contribution in [1.82, 2.24) is 5.32 Å². The molecule has 2 unspecified atom stereocenters. The summed E-state index contributed by atoms with van der Waals surface area (Å²) >= 11 is 0. The van der Waals surface area contributed by atoms with Crippen LogP contribution in [0.2, 0.25) is 0 Å². The van der Waals surface area contributed by atoms with E-state index in [0.717, 1.165) is 19.3 Å². The zero-order chi connectivity index (χ0) is 17.0. The van der Waals surface area contributed by atoms with Crippen molar-refractivity contribution in [3.8, 4) is 0 Å². The summed E-state index contributed by atoms with van der Waals surface area (Å²) in [6, 6.07) is 6.61. The minimum absolute atomic E-state index is 0.00698. The lowest BCUT2D eigenvalue weighted by atomic mass is 9.58. The van der Waals surface area contributed by atoms with E-state index in [-0.39, 0.29) is 23.5 Å². The first kappa shape index (κ1) is 17.5. The number of nitrogens with two attached hydrogens (primary N) is 1. The van der Waals surface area contributed by atoms with Gasteiger partial charge in [-0.25, -0.2) is 0 Å². The Hall–Kier alpha value is -1.88. The van der Waals surface area contributed by atoms with Gasteiger partial charge < -0.3 is 15.8 Å². The second kappa shape index (κ2) is 7.13. The molecule has 1 aromatic rings. The molecule has 23 heavy (non-hydrogen) atoms. The molecule has 0 aromatic heterocycles. The number of primary amides is 1. The van der Waals surface area contributed by atoms with Gasteiger partial charge >= 0.3 is 0 Å². The van der Waals surface area contributed by atoms with Crippen LogP contribution in [0.5, 0.6) is 0 Å². The fourth-order valence-electron chi connectivity index (χ4n) is 3.64. The number of nitrogens with one attached hydrogen (secondary N) is 1. The van der Waals surface area contributed by atoms with E-state index in [9.17, 15) is 9.59 Å². The average Bonchev–Trinajstić information content (AvgIpc) is 2.55. The Morgan fingerprint density at radius 2 is 1.91 bits per heavy atom. The van der Waals surface area contributed by atoms with Crippen LogP contribution < -0.4 is 11.1 Å². The first-order valence-electron chi connectivity index (χ1n) is 8.30. The Bertz CT molecular complexity index is 581. The molecule has 126 valence electrons. The molecule has 0 aliphatic heterocycles. The summed E-state index contributed by atoms with van der Waals surface area (Å²) in [5.41, 5.74) is 6.07. The molecular formula is C18H26N2O3. The summed E-state index contributed by atoms with van der Waals surface area (Å²) in [4.78, 5) is 23.8. The Morgan fingerprint density at radius 1 is 1.26 bits per heavy atom. The maximum Gasteiger partial charge on any atom is 0.251 e. The van der Waals surface area contributed by atoms with E-state index in [1.54, 1.807) is 18.2 Å². The molecule has 2 rings (SSSR count). The van der Waals surface area contributed by atoms with Gasteiger partial charge in [-0.3, -0.25) is 9.59 Å². The number of hydrogen-bond donors (Lipinski definition) is 2. The van der Waals surface area contributed by atoms with Gasteiger partial charge in [-0.2, -0.15) is 0 Å². The van der Waals surface area contributed by atoms with Gasteiger partial charge in [0.05, 0.1) is 6.10 Å². The molecule has 3 N–H and O–H groups in total. The number of amides is 2. The quantitative estimate of drug-likeness (QED) is 0.810. The molecular weight excluding hydrogens is 292 g/mol. The number of rotatable bonds is 7. The predicted molar refractivity (Wildman–Crippen MR) is 89.3 cm³/mol. The summed E-state index contributed by atoms with van der Waals surface area (Å²) in [5, 5.41) is 3.11. The van der Waals surface area contributed by atoms with Crippen molar-refractivity contribution in [3.05, 3.63) is 35.4 Å². The van der Waals surface area contributed by atoms with Gasteiger partial charge in [0.25, 0.3) is 5.91 Å². The largest absolute Gasteiger partial charge is 0.378 e. The lowest BCUT2D eigenvalue weighted by molar-refractivity contribution is -0.134. The average molecular weight is 318 g/mol. The molecule has 5 heteroatoms. The van der Waals surface area contributed by atoms with Gasteiger partial charge in [0, 0.05) is 29.2 Å². The summed E-state index contributed by atoms with van der Waals surface area (Å²) in [5.74, 6) is -0.699. The van der Waals surface area contributed by atoms with Crippen LogP contribution in [-0.2, 0) is 4.74 Å². The third kappa shape index (κ3) is 3.24. The molecule has 1 saturated carbocycles. The lowest BCUT2D eigenvalue weighted by Gasteiger charge is -2.55. The van der Waals surface area contributed by atoms with Crippen LogP contribution in [0.1, 0.15) is 60.7 Å². The Kier molecular flexibility index (Phi) is 5.42. The molecule has 1 aromatic carbocycles. The first-order valence-corrected chi connectivity index (χ1v) is 8.30. The van der Waals surface area contributed by atoms with Gasteiger partial charge in [0.1, 0.15) is 0 Å². The molecule has 0 radical (unpaired) electrons. The van der Waals surface area contributed by atoms with E-state index in [1.165, 1.54) is 6.07 Å². The third-order valence-corrected chi connectivity index (χ3v) is 5.18. The number of benzene rings is 1. The Balaban J connectivity index is 2.11. The molecule has 1 fully saturated rings. The third-order valence-electron chi connectivity index (χ3n) is 5.18. The number of ether oxygens (including phenoxy) is 1. The second-order valence-corrected chi connectivity index (χ2v) is 6.09. The molecule has 1 aliphatic rings. The van der Waals surface area contributed by atoms with Crippen LogP contribution in [-0.4, -0.2) is 30.6 Å². The fourth-order valence-corrected chi connectivity index (χ4v) is 3.64. The molecule has 2 atom stereocenters. The minimum Gasteiger partial charge on any atom is -0.378 e. The van der Waals surface area contributed by atoms with Crippen molar-refractivity contribution in [2.75, 3.05) is 6.61 Å². The van der Waals surface area contributed by atoms with Crippen LogP contribution in [0.3, 0.4) is 0 Å². The summed E-state index contributed by atoms with van der Waals surface area (Å²) < 4.78 is 5.83. The summed E-state index contributed by atoms with van der Waals surface area (Å²) in [6.07, 6.45) is 2.95. The van der Waals surface area contributed by atoms with E-state index in [4.69, 9.17) is 10.5 Å². The summed E-state index contributed by atoms with van der Waals surface area (Å²) in [7, 11) is 0. The van der Waals surface area contributed by atoms with Crippen LogP contribution >= 0.6 is 0 Å². The lowest BCUT2D eigenvalue weighted by Crippen LogP contribution is -2.64. The van der Waals surface area contributed by atoms with Gasteiger partial charge in [0.15, 0.2) is 0 Å². The van der Waals surface area contributed by atoms with Crippen LogP contribution in [0, 0.1) is 5.41 Å². The number of carbonyl (C=O) groups is 2. The molecule has 2 amide bonds. The van der Waals surface area contributed by atoms with Crippen molar-refractivity contribution in [2.45, 2.75) is 52.2 Å². The summed E-state index contributed by atoms with van der Waals surface area (Å²) in [6.45, 7) is 6.97. The number of hydrogen-bond acceptors (Lipinski definition) is 3. The van der Waals surface area contributed by atoms with Gasteiger partial charge in [-0.15, -0.1) is 0 Å². The van der Waals surface area contributed by atoms with Crippen molar-refractivity contribution >= 4 is 11.8 Å². The SMILES string of the molecule is CCOC1CC(NC(=O)c2cccc(C(N)=O)c2)C1(CC)CC. The highest BCUT2D eigenvalue weighted by Crippen LogP contribution is 2.48. The predicted octanol–water partition coefficient (Wildman–Crippen LogP) is 2.50. The number of carbonyl (C=O) groups excluding carboxylic acids is 2. The molecule has 0 saturated heterocycles. The van der Waals surface area contributed by atoms with Crippen molar-refractivity contribution in [3.63, 3.8) is 0 Å². The molecule has 0 heterocycles. The zero-order valence-corrected chi connectivity index (χ0v) is 14.1. The van der Waals surface area contributed by atoms with Gasteiger partial charge in [-0.1, -0.05) is 19.9 Å². The highest BCUT2D eigenvalue weighted by Gasteiger charge is 2.53. The van der Waals surface area contributed by atoms with Crippen LogP contribution in [0.15, 0.2) is 24.3 Å². The van der Waals surface area contributed by atoms with E-state index in [2.05, 4.69) is 19.2 Å². The van der Waals surface area contributed by atoms with Crippen LogP contribution in [0.4, 0.5) is 0 Å². The van der Waals surface area contributed by atoms with Crippen molar-refractivity contribution < 1.29 is 14.3 Å². The van der Waals surface area contributed by atoms with E-state index < -0.39 is 5.91 Å². The van der Waals surface area contributed by atoms with Crippen LogP contribution in [0.25, 0.3) is 0 Å². The minimum atomic E-state index is -0.531.